The van der Waals surface area contributed by atoms with Crippen LogP contribution in [0.15, 0.2) is 58.9 Å². The number of fused-ring (bicyclic) bond motifs is 1. The summed E-state index contributed by atoms with van der Waals surface area (Å²) in [7, 11) is 0. The molecular formula is C15H14N5OS+. The molecular weight excluding hydrogens is 298 g/mol. The smallest absolute Gasteiger partial charge is 0.272 e. The first-order valence-corrected chi connectivity index (χ1v) is 7.65. The Labute approximate surface area is 131 Å². The summed E-state index contributed by atoms with van der Waals surface area (Å²) < 4.78 is 0. The molecule has 6 nitrogen and oxygen atoms in total. The van der Waals surface area contributed by atoms with Crippen LogP contribution in [-0.4, -0.2) is 27.8 Å². The number of nitrogens with one attached hydrogen (secondary N) is 3. The van der Waals surface area contributed by atoms with Crippen LogP contribution in [0.2, 0.25) is 0 Å². The number of imidazole rings is 1. The van der Waals surface area contributed by atoms with Gasteiger partial charge in [-0.3, -0.25) is 9.78 Å². The van der Waals surface area contributed by atoms with Gasteiger partial charge in [-0.25, -0.2) is 15.4 Å². The summed E-state index contributed by atoms with van der Waals surface area (Å²) in [5.74, 6) is 0.0901. The van der Waals surface area contributed by atoms with E-state index in [-0.39, 0.29) is 11.7 Å². The SMILES string of the molecule is O=C(CSc1[nH]c2ccccc2[nH+]1)NN=Cc1ccccn1. The van der Waals surface area contributed by atoms with Gasteiger partial charge in [-0.15, -0.1) is 0 Å². The van der Waals surface area contributed by atoms with Crippen molar-refractivity contribution in [2.45, 2.75) is 5.16 Å². The summed E-state index contributed by atoms with van der Waals surface area (Å²) in [4.78, 5) is 22.2. The van der Waals surface area contributed by atoms with Crippen molar-refractivity contribution < 1.29 is 9.78 Å². The van der Waals surface area contributed by atoms with Gasteiger partial charge in [-0.1, -0.05) is 18.2 Å². The Morgan fingerprint density at radius 2 is 2.18 bits per heavy atom. The molecule has 0 aliphatic rings. The number of hydrogen-bond acceptors (Lipinski definition) is 4. The lowest BCUT2D eigenvalue weighted by molar-refractivity contribution is -0.396. The van der Waals surface area contributed by atoms with Gasteiger partial charge in [-0.05, 0) is 36.0 Å². The molecule has 0 unspecified atom stereocenters. The number of hydrogen-bond donors (Lipinski definition) is 2. The minimum Gasteiger partial charge on any atom is -0.272 e. The Bertz CT molecular complexity index is 767. The van der Waals surface area contributed by atoms with E-state index in [1.807, 2.05) is 42.5 Å². The van der Waals surface area contributed by atoms with Crippen molar-refractivity contribution in [3.63, 3.8) is 0 Å². The van der Waals surface area contributed by atoms with Crippen LogP contribution in [-0.2, 0) is 4.79 Å². The highest BCUT2D eigenvalue weighted by Gasteiger charge is 2.11. The summed E-state index contributed by atoms with van der Waals surface area (Å²) in [6.07, 6.45) is 3.18. The molecule has 0 saturated heterocycles. The lowest BCUT2D eigenvalue weighted by Crippen LogP contribution is -2.20. The van der Waals surface area contributed by atoms with Crippen LogP contribution in [0.3, 0.4) is 0 Å². The molecule has 1 aromatic carbocycles. The van der Waals surface area contributed by atoms with Gasteiger partial charge in [0, 0.05) is 6.20 Å². The number of aromatic nitrogens is 3. The second kappa shape index (κ2) is 6.86. The molecule has 3 rings (SSSR count). The molecule has 0 spiro atoms. The van der Waals surface area contributed by atoms with E-state index < -0.39 is 0 Å². The number of benzene rings is 1. The first-order valence-electron chi connectivity index (χ1n) is 6.67. The highest BCUT2D eigenvalue weighted by molar-refractivity contribution is 7.99. The van der Waals surface area contributed by atoms with Crippen molar-refractivity contribution in [2.24, 2.45) is 5.10 Å². The lowest BCUT2D eigenvalue weighted by atomic mass is 10.3. The van der Waals surface area contributed by atoms with Crippen molar-refractivity contribution in [1.29, 1.82) is 0 Å². The van der Waals surface area contributed by atoms with Crippen LogP contribution < -0.4 is 10.4 Å². The third-order valence-electron chi connectivity index (χ3n) is 2.84. The zero-order chi connectivity index (χ0) is 15.2. The topological polar surface area (TPSA) is 84.3 Å². The Morgan fingerprint density at radius 1 is 1.32 bits per heavy atom. The highest BCUT2D eigenvalue weighted by atomic mass is 32.2. The van der Waals surface area contributed by atoms with Crippen LogP contribution in [0.1, 0.15) is 5.69 Å². The number of hydrazone groups is 1. The van der Waals surface area contributed by atoms with Gasteiger partial charge in [-0.2, -0.15) is 5.10 Å². The molecule has 2 heterocycles. The molecule has 2 aromatic heterocycles. The van der Waals surface area contributed by atoms with Crippen LogP contribution in [0, 0.1) is 0 Å². The van der Waals surface area contributed by atoms with Crippen molar-refractivity contribution in [2.75, 3.05) is 5.75 Å². The second-order valence-electron chi connectivity index (χ2n) is 4.46. The van der Waals surface area contributed by atoms with Gasteiger partial charge >= 0.3 is 5.16 Å². The van der Waals surface area contributed by atoms with E-state index >= 15 is 0 Å². The molecule has 110 valence electrons. The summed E-state index contributed by atoms with van der Waals surface area (Å²) in [5, 5.41) is 4.71. The quantitative estimate of drug-likeness (QED) is 0.426. The first kappa shape index (κ1) is 14.3. The van der Waals surface area contributed by atoms with Gasteiger partial charge in [0.25, 0.3) is 5.91 Å². The normalized spacial score (nSPS) is 11.1. The zero-order valence-corrected chi connectivity index (χ0v) is 12.4. The third-order valence-corrected chi connectivity index (χ3v) is 3.74. The second-order valence-corrected chi connectivity index (χ2v) is 5.45. The molecule has 0 aliphatic carbocycles. The fraction of sp³-hybridized carbons (Fsp3) is 0.0667. The fourth-order valence-corrected chi connectivity index (χ4v) is 2.55. The molecule has 0 fully saturated rings. The predicted octanol–water partition coefficient (Wildman–Crippen LogP) is 1.62. The minimum absolute atomic E-state index is 0.177. The maximum absolute atomic E-state index is 11.7. The van der Waals surface area contributed by atoms with E-state index in [2.05, 4.69) is 25.5 Å². The summed E-state index contributed by atoms with van der Waals surface area (Å²) >= 11 is 1.39. The molecule has 22 heavy (non-hydrogen) atoms. The molecule has 0 aliphatic heterocycles. The molecule has 0 radical (unpaired) electrons. The average Bonchev–Trinajstić information content (AvgIpc) is 2.97. The van der Waals surface area contributed by atoms with Crippen LogP contribution in [0.25, 0.3) is 11.0 Å². The number of nitrogens with zero attached hydrogens (tertiary/aromatic N) is 2. The third kappa shape index (κ3) is 3.70. The fourth-order valence-electron chi connectivity index (χ4n) is 1.84. The van der Waals surface area contributed by atoms with Crippen molar-refractivity contribution in [3.8, 4) is 0 Å². The summed E-state index contributed by atoms with van der Waals surface area (Å²) in [6.45, 7) is 0. The van der Waals surface area contributed by atoms with Gasteiger partial charge in [0.2, 0.25) is 0 Å². The van der Waals surface area contributed by atoms with Crippen molar-refractivity contribution in [3.05, 3.63) is 54.4 Å². The largest absolute Gasteiger partial charge is 0.315 e. The number of aromatic amines is 2. The maximum Gasteiger partial charge on any atom is 0.315 e. The number of pyridine rings is 1. The molecule has 0 saturated carbocycles. The number of carbonyl (C=O) groups excluding carboxylic acids is 1. The standard InChI is InChI=1S/C15H13N5OS/c21-14(20-17-9-11-5-3-4-8-16-11)10-22-15-18-12-6-1-2-7-13(12)19-15/h1-9H,10H2,(H,18,19)(H,20,21)/p+1. The monoisotopic (exact) mass is 312 g/mol. The van der Waals surface area contributed by atoms with E-state index in [0.717, 1.165) is 16.2 Å². The number of amides is 1. The number of rotatable bonds is 5. The average molecular weight is 312 g/mol. The van der Waals surface area contributed by atoms with Crippen LogP contribution in [0.4, 0.5) is 0 Å². The summed E-state index contributed by atoms with van der Waals surface area (Å²) in [5.41, 5.74) is 5.20. The number of H-pyrrole nitrogens is 2. The summed E-state index contributed by atoms with van der Waals surface area (Å²) in [6, 6.07) is 13.4. The molecule has 1 amide bonds. The van der Waals surface area contributed by atoms with E-state index in [1.165, 1.54) is 18.0 Å². The maximum atomic E-state index is 11.7. The number of thioether (sulfide) groups is 1. The van der Waals surface area contributed by atoms with Gasteiger partial charge < -0.3 is 0 Å². The van der Waals surface area contributed by atoms with E-state index in [4.69, 9.17) is 0 Å². The number of para-hydroxylation sites is 2. The minimum atomic E-state index is -0.177. The van der Waals surface area contributed by atoms with Crippen LogP contribution >= 0.6 is 11.8 Å². The van der Waals surface area contributed by atoms with Crippen LogP contribution in [0.5, 0.6) is 0 Å². The highest BCUT2D eigenvalue weighted by Crippen LogP contribution is 2.14. The Kier molecular flexibility index (Phi) is 4.45. The molecule has 0 bridgehead atoms. The lowest BCUT2D eigenvalue weighted by Gasteiger charge is -1.95. The number of carbonyl (C=O) groups is 1. The Morgan fingerprint density at radius 3 is 3.00 bits per heavy atom. The van der Waals surface area contributed by atoms with Crippen molar-refractivity contribution in [1.82, 2.24) is 15.4 Å². The zero-order valence-electron chi connectivity index (χ0n) is 11.6. The van der Waals surface area contributed by atoms with Gasteiger partial charge in [0.1, 0.15) is 0 Å². The molecule has 7 heteroatoms. The Hall–Kier alpha value is -2.67. The Balaban J connectivity index is 1.51. The molecule has 3 N–H and O–H groups in total. The molecule has 0 atom stereocenters. The van der Waals surface area contributed by atoms with E-state index in [1.54, 1.807) is 6.20 Å². The first-order chi connectivity index (χ1) is 10.8. The van der Waals surface area contributed by atoms with Gasteiger partial charge in [0.15, 0.2) is 11.0 Å². The van der Waals surface area contributed by atoms with E-state index in [0.29, 0.717) is 5.69 Å². The predicted molar refractivity (Wildman–Crippen MR) is 85.6 cm³/mol. The van der Waals surface area contributed by atoms with Gasteiger partial charge in [0.05, 0.1) is 17.7 Å². The van der Waals surface area contributed by atoms with E-state index in [9.17, 15) is 4.79 Å². The molecule has 3 aromatic rings. The van der Waals surface area contributed by atoms with Crippen molar-refractivity contribution >= 4 is 34.9 Å².